The number of carbonyl (C=O) groups is 2. The highest BCUT2D eigenvalue weighted by atomic mass is 16.2. The topological polar surface area (TPSA) is 75.4 Å². The van der Waals surface area contributed by atoms with Crippen molar-refractivity contribution in [1.29, 1.82) is 0 Å². The maximum atomic E-state index is 12.0. The molecular formula is C11H21N3O2. The lowest BCUT2D eigenvalue weighted by molar-refractivity contribution is -0.149. The zero-order valence-electron chi connectivity index (χ0n) is 10.2. The number of carbonyl (C=O) groups excluding carboxylic acids is 2. The van der Waals surface area contributed by atoms with Crippen LogP contribution in [0.4, 0.5) is 0 Å². The van der Waals surface area contributed by atoms with E-state index in [0.717, 1.165) is 0 Å². The van der Waals surface area contributed by atoms with Crippen LogP contribution in [-0.2, 0) is 9.59 Å². The Morgan fingerprint density at radius 2 is 2.25 bits per heavy atom. The molecule has 1 aliphatic rings. The van der Waals surface area contributed by atoms with Gasteiger partial charge in [-0.15, -0.1) is 0 Å². The van der Waals surface area contributed by atoms with Crippen molar-refractivity contribution in [2.45, 2.75) is 32.7 Å². The number of nitrogens with one attached hydrogen (secondary N) is 1. The van der Waals surface area contributed by atoms with Crippen molar-refractivity contribution in [1.82, 2.24) is 10.2 Å². The molecule has 0 spiro atoms. The first-order valence-corrected chi connectivity index (χ1v) is 5.68. The van der Waals surface area contributed by atoms with Crippen molar-refractivity contribution in [3.05, 3.63) is 0 Å². The highest BCUT2D eigenvalue weighted by Crippen LogP contribution is 2.19. The molecule has 0 aromatic heterocycles. The lowest BCUT2D eigenvalue weighted by atomic mass is 9.97. The minimum Gasteiger partial charge on any atom is -0.352 e. The third-order valence-corrected chi connectivity index (χ3v) is 3.08. The van der Waals surface area contributed by atoms with Crippen molar-refractivity contribution in [3.8, 4) is 0 Å². The fraction of sp³-hybridized carbons (Fsp3) is 0.818. The van der Waals surface area contributed by atoms with E-state index in [0.29, 0.717) is 26.1 Å². The van der Waals surface area contributed by atoms with Gasteiger partial charge in [0, 0.05) is 19.5 Å². The molecule has 5 heteroatoms. The minimum absolute atomic E-state index is 0.0119. The predicted octanol–water partition coefficient (Wildman–Crippen LogP) is -0.292. The summed E-state index contributed by atoms with van der Waals surface area (Å²) in [6, 6.07) is 0. The molecular weight excluding hydrogens is 206 g/mol. The van der Waals surface area contributed by atoms with Gasteiger partial charge < -0.3 is 16.0 Å². The fourth-order valence-electron chi connectivity index (χ4n) is 1.83. The Hall–Kier alpha value is -1.10. The molecule has 2 amide bonds. The van der Waals surface area contributed by atoms with Crippen LogP contribution in [0.5, 0.6) is 0 Å². The average Bonchev–Trinajstić information content (AvgIpc) is 2.21. The van der Waals surface area contributed by atoms with Gasteiger partial charge in [0.05, 0.1) is 0 Å². The quantitative estimate of drug-likeness (QED) is 0.695. The van der Waals surface area contributed by atoms with Crippen molar-refractivity contribution >= 4 is 11.8 Å². The summed E-state index contributed by atoms with van der Waals surface area (Å²) in [7, 11) is 0. The molecule has 0 aliphatic carbocycles. The number of nitrogens with two attached hydrogens (primary N) is 1. The zero-order valence-corrected chi connectivity index (χ0v) is 10.2. The molecule has 1 saturated heterocycles. The Labute approximate surface area is 96.4 Å². The van der Waals surface area contributed by atoms with Gasteiger partial charge in [-0.2, -0.15) is 0 Å². The van der Waals surface area contributed by atoms with Crippen LogP contribution in [0.15, 0.2) is 0 Å². The van der Waals surface area contributed by atoms with Gasteiger partial charge in [-0.3, -0.25) is 9.59 Å². The molecule has 0 bridgehead atoms. The fourth-order valence-corrected chi connectivity index (χ4v) is 1.83. The molecule has 1 atom stereocenters. The Balaban J connectivity index is 2.71. The molecule has 1 fully saturated rings. The van der Waals surface area contributed by atoms with E-state index in [9.17, 15) is 9.59 Å². The van der Waals surface area contributed by atoms with Gasteiger partial charge in [0.2, 0.25) is 11.8 Å². The monoisotopic (exact) mass is 227 g/mol. The summed E-state index contributed by atoms with van der Waals surface area (Å²) in [5.74, 6) is 0.0820. The first-order chi connectivity index (χ1) is 7.39. The van der Waals surface area contributed by atoms with Gasteiger partial charge in [0.15, 0.2) is 0 Å². The first kappa shape index (κ1) is 13.0. The van der Waals surface area contributed by atoms with Gasteiger partial charge in [-0.25, -0.2) is 0 Å². The van der Waals surface area contributed by atoms with Crippen LogP contribution in [0.1, 0.15) is 27.2 Å². The Bertz CT molecular complexity index is 289. The number of hydrogen-bond donors (Lipinski definition) is 2. The summed E-state index contributed by atoms with van der Waals surface area (Å²) in [5.41, 5.74) is 4.75. The van der Waals surface area contributed by atoms with E-state index in [-0.39, 0.29) is 17.7 Å². The Morgan fingerprint density at radius 3 is 2.81 bits per heavy atom. The second-order valence-corrected chi connectivity index (χ2v) is 4.91. The predicted molar refractivity (Wildman–Crippen MR) is 61.6 cm³/mol. The van der Waals surface area contributed by atoms with E-state index in [1.165, 1.54) is 0 Å². The summed E-state index contributed by atoms with van der Waals surface area (Å²) >= 11 is 0. The molecule has 1 unspecified atom stereocenters. The van der Waals surface area contributed by atoms with Gasteiger partial charge in [0.25, 0.3) is 0 Å². The molecule has 5 nitrogen and oxygen atoms in total. The Kier molecular flexibility index (Phi) is 3.91. The highest BCUT2D eigenvalue weighted by molar-refractivity contribution is 5.91. The molecule has 1 rings (SSSR count). The van der Waals surface area contributed by atoms with E-state index in [4.69, 9.17) is 5.73 Å². The van der Waals surface area contributed by atoms with Crippen molar-refractivity contribution < 1.29 is 9.59 Å². The summed E-state index contributed by atoms with van der Waals surface area (Å²) in [4.78, 5) is 25.3. The van der Waals surface area contributed by atoms with Crippen LogP contribution < -0.4 is 11.1 Å². The molecule has 0 aromatic carbocycles. The van der Waals surface area contributed by atoms with E-state index in [2.05, 4.69) is 5.32 Å². The standard InChI is InChI=1S/C11H21N3O2/c1-8(7-12)6-9(15)14-5-4-13-10(16)11(14,2)3/h8H,4-7,12H2,1-3H3,(H,13,16). The molecule has 0 radical (unpaired) electrons. The number of piperazine rings is 1. The largest absolute Gasteiger partial charge is 0.352 e. The second-order valence-electron chi connectivity index (χ2n) is 4.91. The third kappa shape index (κ3) is 2.52. The minimum atomic E-state index is -0.746. The molecule has 1 aliphatic heterocycles. The van der Waals surface area contributed by atoms with Crippen molar-refractivity contribution in [2.24, 2.45) is 11.7 Å². The second kappa shape index (κ2) is 4.82. The Morgan fingerprint density at radius 1 is 1.62 bits per heavy atom. The average molecular weight is 227 g/mol. The molecule has 16 heavy (non-hydrogen) atoms. The van der Waals surface area contributed by atoms with E-state index in [1.54, 1.807) is 18.7 Å². The normalized spacial score (nSPS) is 21.5. The summed E-state index contributed by atoms with van der Waals surface area (Å²) in [6.07, 6.45) is 0.410. The molecule has 0 saturated carbocycles. The van der Waals surface area contributed by atoms with Crippen LogP contribution in [0, 0.1) is 5.92 Å². The maximum Gasteiger partial charge on any atom is 0.245 e. The highest BCUT2D eigenvalue weighted by Gasteiger charge is 2.40. The third-order valence-electron chi connectivity index (χ3n) is 3.08. The SMILES string of the molecule is CC(CN)CC(=O)N1CCNC(=O)C1(C)C. The lowest BCUT2D eigenvalue weighted by Crippen LogP contribution is -2.63. The summed E-state index contributed by atoms with van der Waals surface area (Å²) < 4.78 is 0. The summed E-state index contributed by atoms with van der Waals surface area (Å²) in [6.45, 7) is 7.08. The van der Waals surface area contributed by atoms with E-state index >= 15 is 0 Å². The maximum absolute atomic E-state index is 12.0. The van der Waals surface area contributed by atoms with Crippen molar-refractivity contribution in [2.75, 3.05) is 19.6 Å². The van der Waals surface area contributed by atoms with Crippen LogP contribution in [0.2, 0.25) is 0 Å². The van der Waals surface area contributed by atoms with Crippen LogP contribution in [-0.4, -0.2) is 41.9 Å². The van der Waals surface area contributed by atoms with Crippen LogP contribution >= 0.6 is 0 Å². The van der Waals surface area contributed by atoms with Gasteiger partial charge in [-0.05, 0) is 26.3 Å². The zero-order chi connectivity index (χ0) is 12.3. The van der Waals surface area contributed by atoms with Crippen LogP contribution in [0.3, 0.4) is 0 Å². The van der Waals surface area contributed by atoms with E-state index in [1.807, 2.05) is 6.92 Å². The molecule has 3 N–H and O–H groups in total. The molecule has 0 aromatic rings. The number of hydrogen-bond acceptors (Lipinski definition) is 3. The number of amides is 2. The lowest BCUT2D eigenvalue weighted by Gasteiger charge is -2.41. The molecule has 92 valence electrons. The van der Waals surface area contributed by atoms with Crippen molar-refractivity contribution in [3.63, 3.8) is 0 Å². The molecule has 1 heterocycles. The number of rotatable bonds is 3. The van der Waals surface area contributed by atoms with Gasteiger partial charge in [-0.1, -0.05) is 6.92 Å². The van der Waals surface area contributed by atoms with Crippen LogP contribution in [0.25, 0.3) is 0 Å². The van der Waals surface area contributed by atoms with Gasteiger partial charge >= 0.3 is 0 Å². The summed E-state index contributed by atoms with van der Waals surface area (Å²) in [5, 5.41) is 2.77. The van der Waals surface area contributed by atoms with E-state index < -0.39 is 5.54 Å². The smallest absolute Gasteiger partial charge is 0.245 e. The number of nitrogens with zero attached hydrogens (tertiary/aromatic N) is 1. The first-order valence-electron chi connectivity index (χ1n) is 5.68. The van der Waals surface area contributed by atoms with Gasteiger partial charge in [0.1, 0.15) is 5.54 Å².